The number of hydrogen-bond donors (Lipinski definition) is 3. The summed E-state index contributed by atoms with van der Waals surface area (Å²) in [6, 6.07) is 3.78. The summed E-state index contributed by atoms with van der Waals surface area (Å²) in [7, 11) is 0. The minimum absolute atomic E-state index is 0.0797. The first-order valence-corrected chi connectivity index (χ1v) is 10.4. The maximum atomic E-state index is 12.0. The van der Waals surface area contributed by atoms with Crippen LogP contribution in [0.25, 0.3) is 44.7 Å². The van der Waals surface area contributed by atoms with Crippen molar-refractivity contribution < 1.29 is 9.59 Å². The molecule has 0 radical (unpaired) electrons. The Morgan fingerprint density at radius 2 is 1.79 bits per heavy atom. The van der Waals surface area contributed by atoms with Crippen LogP contribution in [0.3, 0.4) is 0 Å². The highest BCUT2D eigenvalue weighted by molar-refractivity contribution is 6.05. The van der Waals surface area contributed by atoms with Crippen LogP contribution >= 0.6 is 0 Å². The Hall–Kier alpha value is -4.47. The molecule has 0 atom stereocenters. The summed E-state index contributed by atoms with van der Waals surface area (Å²) in [5, 5.41) is 10.9. The van der Waals surface area contributed by atoms with Crippen LogP contribution < -0.4 is 5.32 Å². The zero-order chi connectivity index (χ0) is 23.1. The summed E-state index contributed by atoms with van der Waals surface area (Å²) in [4.78, 5) is 44.6. The second-order valence-electron chi connectivity index (χ2n) is 8.02. The van der Waals surface area contributed by atoms with E-state index in [2.05, 4.69) is 40.4 Å². The van der Waals surface area contributed by atoms with Crippen molar-refractivity contribution in [3.8, 4) is 22.6 Å². The van der Waals surface area contributed by atoms with Crippen LogP contribution in [0.5, 0.6) is 0 Å². The SMILES string of the molecule is CC(=O)c1cncc2[nH]c(-c3[nH]nc4ncc(-c5cncc(NC(=O)C(C)C)c5)cc34)nc12. The van der Waals surface area contributed by atoms with Gasteiger partial charge in [-0.05, 0) is 19.1 Å². The lowest BCUT2D eigenvalue weighted by atomic mass is 10.1. The molecule has 10 nitrogen and oxygen atoms in total. The maximum absolute atomic E-state index is 12.0. The van der Waals surface area contributed by atoms with E-state index in [4.69, 9.17) is 0 Å². The second kappa shape index (κ2) is 7.90. The molecule has 0 unspecified atom stereocenters. The number of aromatic nitrogens is 7. The summed E-state index contributed by atoms with van der Waals surface area (Å²) >= 11 is 0. The molecule has 164 valence electrons. The molecule has 5 rings (SSSR count). The van der Waals surface area contributed by atoms with Crippen molar-refractivity contribution >= 4 is 39.4 Å². The fraction of sp³-hybridized carbons (Fsp3) is 0.174. The highest BCUT2D eigenvalue weighted by Gasteiger charge is 2.17. The standard InChI is InChI=1S/C23H20N8O2/c1-11(2)23(33)27-15-4-13(6-24-8-15)14-5-16-20(30-31-21(16)26-7-14)22-28-18-10-25-9-17(12(3)32)19(18)29-22/h4-11H,1-3H3,(H,27,33)(H,28,29)(H,26,30,31). The highest BCUT2D eigenvalue weighted by Crippen LogP contribution is 2.30. The quantitative estimate of drug-likeness (QED) is 0.353. The third kappa shape index (κ3) is 3.71. The van der Waals surface area contributed by atoms with E-state index in [1.807, 2.05) is 26.0 Å². The van der Waals surface area contributed by atoms with Gasteiger partial charge in [-0.3, -0.25) is 24.7 Å². The van der Waals surface area contributed by atoms with Gasteiger partial charge in [0.2, 0.25) is 5.91 Å². The topological polar surface area (TPSA) is 142 Å². The zero-order valence-corrected chi connectivity index (χ0v) is 18.2. The molecule has 5 heterocycles. The molecule has 0 aliphatic heterocycles. The molecule has 5 aromatic rings. The first-order valence-electron chi connectivity index (χ1n) is 10.4. The molecule has 0 spiro atoms. The summed E-state index contributed by atoms with van der Waals surface area (Å²) < 4.78 is 0. The van der Waals surface area contributed by atoms with Gasteiger partial charge in [0.05, 0.1) is 34.5 Å². The lowest BCUT2D eigenvalue weighted by Crippen LogP contribution is -2.17. The van der Waals surface area contributed by atoms with Gasteiger partial charge in [-0.2, -0.15) is 5.10 Å². The molecule has 0 aliphatic carbocycles. The zero-order valence-electron chi connectivity index (χ0n) is 18.2. The highest BCUT2D eigenvalue weighted by atomic mass is 16.1. The largest absolute Gasteiger partial charge is 0.335 e. The van der Waals surface area contributed by atoms with Gasteiger partial charge in [0.15, 0.2) is 17.3 Å². The van der Waals surface area contributed by atoms with Gasteiger partial charge >= 0.3 is 0 Å². The van der Waals surface area contributed by atoms with Crippen molar-refractivity contribution in [3.63, 3.8) is 0 Å². The predicted molar refractivity (Wildman–Crippen MR) is 123 cm³/mol. The van der Waals surface area contributed by atoms with E-state index in [0.29, 0.717) is 39.4 Å². The number of hydrogen-bond acceptors (Lipinski definition) is 7. The van der Waals surface area contributed by atoms with Crippen LogP contribution in [0.2, 0.25) is 0 Å². The Kier molecular flexibility index (Phi) is 4.89. The molecule has 33 heavy (non-hydrogen) atoms. The molecule has 1 amide bonds. The number of imidazole rings is 1. The Balaban J connectivity index is 1.57. The summed E-state index contributed by atoms with van der Waals surface area (Å²) in [6.07, 6.45) is 8.16. The monoisotopic (exact) mass is 440 g/mol. The van der Waals surface area contributed by atoms with Gasteiger partial charge in [0.25, 0.3) is 0 Å². The lowest BCUT2D eigenvalue weighted by molar-refractivity contribution is -0.118. The van der Waals surface area contributed by atoms with Crippen LogP contribution in [0.1, 0.15) is 31.1 Å². The van der Waals surface area contributed by atoms with Crippen LogP contribution in [0.4, 0.5) is 5.69 Å². The first kappa shape index (κ1) is 20.4. The van der Waals surface area contributed by atoms with E-state index in [1.54, 1.807) is 24.8 Å². The fourth-order valence-corrected chi connectivity index (χ4v) is 3.50. The smallest absolute Gasteiger partial charge is 0.226 e. The van der Waals surface area contributed by atoms with Crippen LogP contribution in [-0.2, 0) is 4.79 Å². The average Bonchev–Trinajstić information content (AvgIpc) is 3.42. The Morgan fingerprint density at radius 1 is 1.00 bits per heavy atom. The van der Waals surface area contributed by atoms with E-state index in [1.165, 1.54) is 13.1 Å². The van der Waals surface area contributed by atoms with Crippen molar-refractivity contribution in [2.45, 2.75) is 20.8 Å². The van der Waals surface area contributed by atoms with Crippen LogP contribution in [-0.4, -0.2) is 46.8 Å². The number of nitrogens with zero attached hydrogens (tertiary/aromatic N) is 5. The minimum Gasteiger partial charge on any atom is -0.335 e. The molecular weight excluding hydrogens is 420 g/mol. The van der Waals surface area contributed by atoms with Crippen molar-refractivity contribution in [2.75, 3.05) is 5.32 Å². The molecule has 5 aromatic heterocycles. The first-order chi connectivity index (χ1) is 15.9. The van der Waals surface area contributed by atoms with E-state index >= 15 is 0 Å². The van der Waals surface area contributed by atoms with Crippen LogP contribution in [0.15, 0.2) is 43.1 Å². The Bertz CT molecular complexity index is 1530. The predicted octanol–water partition coefficient (Wildman–Crippen LogP) is 3.76. The van der Waals surface area contributed by atoms with Gasteiger partial charge in [0, 0.05) is 35.6 Å². The molecular formula is C23H20N8O2. The summed E-state index contributed by atoms with van der Waals surface area (Å²) in [6.45, 7) is 5.15. The normalized spacial score (nSPS) is 11.4. The minimum atomic E-state index is -0.136. The Labute approximate surface area is 187 Å². The third-order valence-electron chi connectivity index (χ3n) is 5.28. The number of nitrogens with one attached hydrogen (secondary N) is 3. The van der Waals surface area contributed by atoms with Gasteiger partial charge in [0.1, 0.15) is 11.2 Å². The van der Waals surface area contributed by atoms with E-state index in [-0.39, 0.29) is 17.6 Å². The van der Waals surface area contributed by atoms with Crippen molar-refractivity contribution in [3.05, 3.63) is 48.7 Å². The van der Waals surface area contributed by atoms with E-state index in [9.17, 15) is 9.59 Å². The van der Waals surface area contributed by atoms with E-state index in [0.717, 1.165) is 16.5 Å². The number of aromatic amines is 2. The number of pyridine rings is 3. The summed E-state index contributed by atoms with van der Waals surface area (Å²) in [5.74, 6) is 0.200. The molecule has 0 aromatic carbocycles. The molecule has 0 bridgehead atoms. The molecule has 10 heteroatoms. The number of ketones is 1. The number of rotatable bonds is 5. The lowest BCUT2D eigenvalue weighted by Gasteiger charge is -2.09. The van der Waals surface area contributed by atoms with Gasteiger partial charge in [-0.15, -0.1) is 0 Å². The average molecular weight is 440 g/mol. The Morgan fingerprint density at radius 3 is 2.58 bits per heavy atom. The molecule has 0 saturated carbocycles. The van der Waals surface area contributed by atoms with E-state index < -0.39 is 0 Å². The molecule has 0 saturated heterocycles. The number of fused-ring (bicyclic) bond motifs is 2. The summed E-state index contributed by atoms with van der Waals surface area (Å²) in [5.41, 5.74) is 5.04. The second-order valence-corrected chi connectivity index (χ2v) is 8.02. The van der Waals surface area contributed by atoms with Gasteiger partial charge in [-0.25, -0.2) is 9.97 Å². The number of Topliss-reactive ketones (excluding diaryl/α,β-unsaturated/α-hetero) is 1. The fourth-order valence-electron chi connectivity index (χ4n) is 3.50. The van der Waals surface area contributed by atoms with Crippen LogP contribution in [0, 0.1) is 5.92 Å². The van der Waals surface area contributed by atoms with Crippen molar-refractivity contribution in [1.82, 2.24) is 35.1 Å². The van der Waals surface area contributed by atoms with Gasteiger partial charge < -0.3 is 10.3 Å². The van der Waals surface area contributed by atoms with Crippen molar-refractivity contribution in [2.24, 2.45) is 5.92 Å². The molecule has 0 aliphatic rings. The maximum Gasteiger partial charge on any atom is 0.226 e. The molecule has 3 N–H and O–H groups in total. The number of anilines is 1. The number of carbonyl (C=O) groups is 2. The van der Waals surface area contributed by atoms with Crippen molar-refractivity contribution in [1.29, 1.82) is 0 Å². The number of carbonyl (C=O) groups excluding carboxylic acids is 2. The number of H-pyrrole nitrogens is 2. The molecule has 0 fully saturated rings. The van der Waals surface area contributed by atoms with Gasteiger partial charge in [-0.1, -0.05) is 13.8 Å². The third-order valence-corrected chi connectivity index (χ3v) is 5.28. The number of amides is 1.